The van der Waals surface area contributed by atoms with Crippen molar-refractivity contribution in [1.82, 2.24) is 5.32 Å². The molecular weight excluding hydrogens is 344 g/mol. The van der Waals surface area contributed by atoms with Crippen molar-refractivity contribution in [1.29, 1.82) is 0 Å². The van der Waals surface area contributed by atoms with Crippen molar-refractivity contribution in [2.45, 2.75) is 32.4 Å². The highest BCUT2D eigenvalue weighted by molar-refractivity contribution is 5.75. The van der Waals surface area contributed by atoms with Crippen LogP contribution in [-0.2, 0) is 16.0 Å². The molecule has 0 spiro atoms. The minimum Gasteiger partial charge on any atom is -0.506 e. The summed E-state index contributed by atoms with van der Waals surface area (Å²) in [5, 5.41) is 15.8. The van der Waals surface area contributed by atoms with Gasteiger partial charge >= 0.3 is 0 Å². The highest BCUT2D eigenvalue weighted by Crippen LogP contribution is 2.28. The predicted molar refractivity (Wildman–Crippen MR) is 106 cm³/mol. The van der Waals surface area contributed by atoms with Crippen molar-refractivity contribution in [2.75, 3.05) is 25.6 Å². The standard InChI is InChI=1S/C21H28N2O4/c1-4-27-21(17-7-10-20(25)19(12-17)23-14-24)13-22-15(2)11-16-5-8-18(26-3)9-6-16/h5-10,12,14-15,21-22,25H,4,11,13H2,1-3H3,(H,23,24)/t15-,21+/m1/s1. The largest absolute Gasteiger partial charge is 0.506 e. The first-order valence-electron chi connectivity index (χ1n) is 9.08. The van der Waals surface area contributed by atoms with E-state index in [2.05, 4.69) is 29.7 Å². The van der Waals surface area contributed by atoms with Gasteiger partial charge in [-0.2, -0.15) is 0 Å². The van der Waals surface area contributed by atoms with Crippen molar-refractivity contribution in [3.8, 4) is 11.5 Å². The van der Waals surface area contributed by atoms with Crippen LogP contribution in [0.3, 0.4) is 0 Å². The molecule has 0 radical (unpaired) electrons. The van der Waals surface area contributed by atoms with Gasteiger partial charge in [-0.25, -0.2) is 0 Å². The first-order chi connectivity index (χ1) is 13.1. The second-order valence-electron chi connectivity index (χ2n) is 6.34. The molecule has 0 bridgehead atoms. The number of carbonyl (C=O) groups excluding carboxylic acids is 1. The van der Waals surface area contributed by atoms with Crippen LogP contribution in [0.1, 0.15) is 31.1 Å². The fourth-order valence-electron chi connectivity index (χ4n) is 2.90. The maximum absolute atomic E-state index is 10.7. The maximum Gasteiger partial charge on any atom is 0.211 e. The molecule has 0 unspecified atom stereocenters. The van der Waals surface area contributed by atoms with E-state index in [1.165, 1.54) is 5.56 Å². The summed E-state index contributed by atoms with van der Waals surface area (Å²) in [4.78, 5) is 10.7. The lowest BCUT2D eigenvalue weighted by Crippen LogP contribution is -2.33. The van der Waals surface area contributed by atoms with Crippen molar-refractivity contribution < 1.29 is 19.4 Å². The van der Waals surface area contributed by atoms with Crippen molar-refractivity contribution in [3.05, 3.63) is 53.6 Å². The quantitative estimate of drug-likeness (QED) is 0.417. The highest BCUT2D eigenvalue weighted by atomic mass is 16.5. The van der Waals surface area contributed by atoms with Crippen molar-refractivity contribution >= 4 is 12.1 Å². The summed E-state index contributed by atoms with van der Waals surface area (Å²) in [5.41, 5.74) is 2.49. The Labute approximate surface area is 160 Å². The summed E-state index contributed by atoms with van der Waals surface area (Å²) in [7, 11) is 1.66. The molecule has 6 nitrogen and oxygen atoms in total. The first kappa shape index (κ1) is 20.7. The number of phenolic OH excluding ortho intramolecular Hbond substituents is 1. The van der Waals surface area contributed by atoms with E-state index < -0.39 is 0 Å². The molecular formula is C21H28N2O4. The zero-order valence-electron chi connectivity index (χ0n) is 16.1. The van der Waals surface area contributed by atoms with Gasteiger partial charge in [-0.1, -0.05) is 18.2 Å². The third-order valence-electron chi connectivity index (χ3n) is 4.33. The zero-order valence-corrected chi connectivity index (χ0v) is 16.1. The van der Waals surface area contributed by atoms with Gasteiger partial charge in [0.15, 0.2) is 0 Å². The van der Waals surface area contributed by atoms with Gasteiger partial charge in [0.05, 0.1) is 18.9 Å². The first-order valence-corrected chi connectivity index (χ1v) is 9.08. The summed E-state index contributed by atoms with van der Waals surface area (Å²) in [6.07, 6.45) is 1.25. The van der Waals surface area contributed by atoms with Gasteiger partial charge in [0.1, 0.15) is 11.5 Å². The Morgan fingerprint density at radius 2 is 1.93 bits per heavy atom. The van der Waals surface area contributed by atoms with E-state index in [-0.39, 0.29) is 17.9 Å². The lowest BCUT2D eigenvalue weighted by atomic mass is 10.0. The summed E-state index contributed by atoms with van der Waals surface area (Å²) in [6.45, 7) is 5.26. The Bertz CT molecular complexity index is 719. The van der Waals surface area contributed by atoms with Gasteiger partial charge in [-0.3, -0.25) is 4.79 Å². The molecule has 3 N–H and O–H groups in total. The Balaban J connectivity index is 1.98. The topological polar surface area (TPSA) is 79.8 Å². The van der Waals surface area contributed by atoms with Crippen LogP contribution in [0.25, 0.3) is 0 Å². The molecule has 0 aliphatic rings. The van der Waals surface area contributed by atoms with E-state index in [1.54, 1.807) is 19.2 Å². The number of aromatic hydroxyl groups is 1. The average Bonchev–Trinajstić information content (AvgIpc) is 2.68. The molecule has 2 aromatic rings. The van der Waals surface area contributed by atoms with Crippen LogP contribution >= 0.6 is 0 Å². The van der Waals surface area contributed by atoms with Gasteiger partial charge in [0, 0.05) is 19.2 Å². The molecule has 0 aliphatic carbocycles. The Kier molecular flexibility index (Phi) is 8.10. The van der Waals surface area contributed by atoms with Gasteiger partial charge in [0.25, 0.3) is 0 Å². The molecule has 146 valence electrons. The molecule has 0 fully saturated rings. The van der Waals surface area contributed by atoms with Crippen LogP contribution in [0, 0.1) is 0 Å². The maximum atomic E-state index is 10.7. The van der Waals surface area contributed by atoms with Crippen LogP contribution in [0.15, 0.2) is 42.5 Å². The van der Waals surface area contributed by atoms with Gasteiger partial charge in [0.2, 0.25) is 6.41 Å². The Morgan fingerprint density at radius 1 is 1.19 bits per heavy atom. The minimum absolute atomic E-state index is 0.0296. The molecule has 0 aromatic heterocycles. The molecule has 2 aromatic carbocycles. The number of ether oxygens (including phenoxy) is 2. The number of carbonyl (C=O) groups is 1. The number of phenols is 1. The fraction of sp³-hybridized carbons (Fsp3) is 0.381. The molecule has 2 atom stereocenters. The smallest absolute Gasteiger partial charge is 0.211 e. The molecule has 0 heterocycles. The molecule has 0 saturated heterocycles. The number of hydrogen-bond donors (Lipinski definition) is 3. The number of methoxy groups -OCH3 is 1. The third-order valence-corrected chi connectivity index (χ3v) is 4.33. The van der Waals surface area contributed by atoms with Gasteiger partial charge in [-0.05, 0) is 55.7 Å². The van der Waals surface area contributed by atoms with E-state index >= 15 is 0 Å². The lowest BCUT2D eigenvalue weighted by molar-refractivity contribution is -0.105. The molecule has 1 amide bonds. The minimum atomic E-state index is -0.180. The number of benzene rings is 2. The third kappa shape index (κ3) is 6.27. The van der Waals surface area contributed by atoms with Crippen LogP contribution in [-0.4, -0.2) is 37.8 Å². The summed E-state index contributed by atoms with van der Waals surface area (Å²) in [6, 6.07) is 13.4. The van der Waals surface area contributed by atoms with Crippen LogP contribution in [0.2, 0.25) is 0 Å². The van der Waals surface area contributed by atoms with Crippen LogP contribution in [0.4, 0.5) is 5.69 Å². The normalized spacial score (nSPS) is 13.0. The summed E-state index contributed by atoms with van der Waals surface area (Å²) < 4.78 is 11.0. The van der Waals surface area contributed by atoms with E-state index in [1.807, 2.05) is 25.1 Å². The molecule has 6 heteroatoms. The Morgan fingerprint density at radius 3 is 2.56 bits per heavy atom. The van der Waals surface area contributed by atoms with E-state index in [9.17, 15) is 9.90 Å². The zero-order chi connectivity index (χ0) is 19.6. The van der Waals surface area contributed by atoms with Crippen molar-refractivity contribution in [3.63, 3.8) is 0 Å². The lowest BCUT2D eigenvalue weighted by Gasteiger charge is -2.22. The van der Waals surface area contributed by atoms with E-state index in [0.29, 0.717) is 25.2 Å². The van der Waals surface area contributed by atoms with Crippen LogP contribution in [0.5, 0.6) is 11.5 Å². The number of anilines is 1. The number of rotatable bonds is 11. The summed E-state index contributed by atoms with van der Waals surface area (Å²) in [5.74, 6) is 0.879. The Hall–Kier alpha value is -2.57. The average molecular weight is 372 g/mol. The van der Waals surface area contributed by atoms with Crippen molar-refractivity contribution in [2.24, 2.45) is 0 Å². The highest BCUT2D eigenvalue weighted by Gasteiger charge is 2.15. The number of hydrogen-bond acceptors (Lipinski definition) is 5. The SMILES string of the molecule is CCO[C@@H](CN[C@H](C)Cc1ccc(OC)cc1)c1ccc(O)c(NC=O)c1. The number of nitrogens with one attached hydrogen (secondary N) is 2. The van der Waals surface area contributed by atoms with Crippen LogP contribution < -0.4 is 15.4 Å². The molecule has 0 saturated carbocycles. The number of amides is 1. The molecule has 27 heavy (non-hydrogen) atoms. The van der Waals surface area contributed by atoms with Gasteiger partial charge < -0.3 is 25.2 Å². The molecule has 2 rings (SSSR count). The monoisotopic (exact) mass is 372 g/mol. The fourth-order valence-corrected chi connectivity index (χ4v) is 2.90. The molecule has 0 aliphatic heterocycles. The van der Waals surface area contributed by atoms with E-state index in [4.69, 9.17) is 9.47 Å². The second kappa shape index (κ2) is 10.5. The second-order valence-corrected chi connectivity index (χ2v) is 6.34. The van der Waals surface area contributed by atoms with Gasteiger partial charge in [-0.15, -0.1) is 0 Å². The van der Waals surface area contributed by atoms with E-state index in [0.717, 1.165) is 17.7 Å². The predicted octanol–water partition coefficient (Wildman–Crippen LogP) is 3.27. The summed E-state index contributed by atoms with van der Waals surface area (Å²) >= 11 is 0.